The smallest absolute Gasteiger partial charge is 0.325 e. The van der Waals surface area contributed by atoms with E-state index in [0.29, 0.717) is 23.5 Å². The van der Waals surface area contributed by atoms with Gasteiger partial charge in [-0.1, -0.05) is 0 Å². The second kappa shape index (κ2) is 4.58. The summed E-state index contributed by atoms with van der Waals surface area (Å²) in [7, 11) is 0. The number of rotatable bonds is 2. The fourth-order valence-electron chi connectivity index (χ4n) is 2.12. The molecule has 1 aromatic heterocycles. The second-order valence-electron chi connectivity index (χ2n) is 4.92. The van der Waals surface area contributed by atoms with E-state index < -0.39 is 11.5 Å². The first-order chi connectivity index (χ1) is 8.83. The van der Waals surface area contributed by atoms with Gasteiger partial charge >= 0.3 is 5.97 Å². The molecule has 0 radical (unpaired) electrons. The molecule has 0 spiro atoms. The lowest BCUT2D eigenvalue weighted by molar-refractivity contribution is -0.142. The number of aliphatic carboxylic acids is 1. The van der Waals surface area contributed by atoms with Crippen molar-refractivity contribution >= 4 is 11.9 Å². The predicted octanol–water partition coefficient (Wildman–Crippen LogP) is -0.279. The van der Waals surface area contributed by atoms with Gasteiger partial charge in [0, 0.05) is 13.1 Å². The zero-order valence-corrected chi connectivity index (χ0v) is 10.9. The molecule has 1 aliphatic heterocycles. The number of hydrogen-bond donors (Lipinski definition) is 2. The van der Waals surface area contributed by atoms with Gasteiger partial charge in [0.15, 0.2) is 0 Å². The van der Waals surface area contributed by atoms with Crippen LogP contribution >= 0.6 is 0 Å². The van der Waals surface area contributed by atoms with Crippen LogP contribution < -0.4 is 5.73 Å². The molecule has 0 bridgehead atoms. The van der Waals surface area contributed by atoms with E-state index in [9.17, 15) is 9.59 Å². The molecular weight excluding hydrogens is 248 g/mol. The average Bonchev–Trinajstić information content (AvgIpc) is 2.76. The first kappa shape index (κ1) is 13.4. The summed E-state index contributed by atoms with van der Waals surface area (Å²) in [5.41, 5.74) is 6.03. The molecule has 1 unspecified atom stereocenters. The van der Waals surface area contributed by atoms with Gasteiger partial charge in [0.2, 0.25) is 0 Å². The number of hydrogen-bond acceptors (Lipinski definition) is 5. The Labute approximate surface area is 110 Å². The summed E-state index contributed by atoms with van der Waals surface area (Å²) in [4.78, 5) is 24.9. The van der Waals surface area contributed by atoms with Crippen LogP contribution in [0.4, 0.5) is 0 Å². The van der Waals surface area contributed by atoms with Crippen LogP contribution in [-0.2, 0) is 4.79 Å². The Morgan fingerprint density at radius 2 is 2.11 bits per heavy atom. The third kappa shape index (κ3) is 2.41. The molecule has 0 aromatic carbocycles. The zero-order valence-electron chi connectivity index (χ0n) is 10.9. The van der Waals surface area contributed by atoms with Gasteiger partial charge in [0.1, 0.15) is 5.54 Å². The summed E-state index contributed by atoms with van der Waals surface area (Å²) in [6.45, 7) is 3.80. The maximum Gasteiger partial charge on any atom is 0.325 e. The molecule has 1 atom stereocenters. The molecule has 7 heteroatoms. The largest absolute Gasteiger partial charge is 0.480 e. The molecule has 1 aromatic rings. The van der Waals surface area contributed by atoms with Crippen molar-refractivity contribution in [2.24, 2.45) is 5.73 Å². The van der Waals surface area contributed by atoms with E-state index in [4.69, 9.17) is 10.8 Å². The number of carbonyl (C=O) groups excluding carboxylic acids is 1. The van der Waals surface area contributed by atoms with Crippen molar-refractivity contribution < 1.29 is 14.7 Å². The summed E-state index contributed by atoms with van der Waals surface area (Å²) < 4.78 is 0. The molecule has 102 valence electrons. The molecule has 0 aliphatic carbocycles. The molecule has 2 rings (SSSR count). The minimum atomic E-state index is -1.35. The molecule has 3 N–H and O–H groups in total. The predicted molar refractivity (Wildman–Crippen MR) is 66.6 cm³/mol. The number of carboxylic acids is 1. The first-order valence-electron chi connectivity index (χ1n) is 5.96. The minimum Gasteiger partial charge on any atom is -0.480 e. The van der Waals surface area contributed by atoms with Crippen LogP contribution in [0.15, 0.2) is 6.07 Å². The SMILES string of the molecule is Cc1cc(C(=O)N2CCC(N)(C(=O)O)C2)c(C)nn1. The number of amides is 1. The topological polar surface area (TPSA) is 109 Å². The zero-order chi connectivity index (χ0) is 14.2. The lowest BCUT2D eigenvalue weighted by atomic mass is 10.0. The quantitative estimate of drug-likeness (QED) is 0.760. The first-order valence-corrected chi connectivity index (χ1v) is 5.96. The molecule has 1 fully saturated rings. The summed E-state index contributed by atoms with van der Waals surface area (Å²) >= 11 is 0. The van der Waals surface area contributed by atoms with E-state index in [0.717, 1.165) is 0 Å². The number of aromatic nitrogens is 2. The Morgan fingerprint density at radius 1 is 1.42 bits per heavy atom. The summed E-state index contributed by atoms with van der Waals surface area (Å²) in [6, 6.07) is 1.65. The Morgan fingerprint density at radius 3 is 2.68 bits per heavy atom. The van der Waals surface area contributed by atoms with Crippen LogP contribution in [0.25, 0.3) is 0 Å². The van der Waals surface area contributed by atoms with Crippen LogP contribution in [0.3, 0.4) is 0 Å². The number of likely N-dealkylation sites (tertiary alicyclic amines) is 1. The van der Waals surface area contributed by atoms with Crippen LogP contribution in [-0.4, -0.2) is 50.7 Å². The van der Waals surface area contributed by atoms with E-state index in [1.807, 2.05) is 0 Å². The van der Waals surface area contributed by atoms with Crippen molar-refractivity contribution in [2.45, 2.75) is 25.8 Å². The minimum absolute atomic E-state index is 0.0159. The van der Waals surface area contributed by atoms with Crippen LogP contribution in [0.5, 0.6) is 0 Å². The van der Waals surface area contributed by atoms with Gasteiger partial charge in [-0.05, 0) is 26.3 Å². The molecule has 1 aliphatic rings. The second-order valence-corrected chi connectivity index (χ2v) is 4.92. The highest BCUT2D eigenvalue weighted by Crippen LogP contribution is 2.21. The van der Waals surface area contributed by atoms with Crippen molar-refractivity contribution in [3.63, 3.8) is 0 Å². The van der Waals surface area contributed by atoms with Crippen molar-refractivity contribution in [3.05, 3.63) is 23.0 Å². The molecule has 19 heavy (non-hydrogen) atoms. The molecular formula is C12H16N4O3. The van der Waals surface area contributed by atoms with Gasteiger partial charge < -0.3 is 15.7 Å². The van der Waals surface area contributed by atoms with Gasteiger partial charge in [0.05, 0.1) is 17.0 Å². The van der Waals surface area contributed by atoms with Gasteiger partial charge in [-0.25, -0.2) is 0 Å². The van der Waals surface area contributed by atoms with Gasteiger partial charge in [-0.3, -0.25) is 9.59 Å². The Kier molecular flexibility index (Phi) is 3.23. The normalized spacial score (nSPS) is 22.6. The maximum atomic E-state index is 12.3. The maximum absolute atomic E-state index is 12.3. The van der Waals surface area contributed by atoms with E-state index in [2.05, 4.69) is 10.2 Å². The van der Waals surface area contributed by atoms with Crippen LogP contribution in [0.1, 0.15) is 28.2 Å². The lowest BCUT2D eigenvalue weighted by Crippen LogP contribution is -2.50. The number of carboxylic acid groups (broad SMARTS) is 1. The lowest BCUT2D eigenvalue weighted by Gasteiger charge is -2.20. The van der Waals surface area contributed by atoms with Crippen LogP contribution in [0.2, 0.25) is 0 Å². The van der Waals surface area contributed by atoms with Gasteiger partial charge in [-0.2, -0.15) is 10.2 Å². The molecule has 1 saturated heterocycles. The van der Waals surface area contributed by atoms with E-state index in [1.165, 1.54) is 4.90 Å². The average molecular weight is 264 g/mol. The Bertz CT molecular complexity index is 546. The van der Waals surface area contributed by atoms with E-state index >= 15 is 0 Å². The Hall–Kier alpha value is -2.02. The highest BCUT2D eigenvalue weighted by molar-refractivity contribution is 5.96. The third-order valence-electron chi connectivity index (χ3n) is 3.35. The molecule has 0 saturated carbocycles. The monoisotopic (exact) mass is 264 g/mol. The van der Waals surface area contributed by atoms with E-state index in [-0.39, 0.29) is 18.9 Å². The fourth-order valence-corrected chi connectivity index (χ4v) is 2.12. The highest BCUT2D eigenvalue weighted by atomic mass is 16.4. The van der Waals surface area contributed by atoms with Crippen LogP contribution in [0, 0.1) is 13.8 Å². The standard InChI is InChI=1S/C12H16N4O3/c1-7-5-9(8(2)15-14-7)10(17)16-4-3-12(13,6-16)11(18)19/h5H,3-4,6,13H2,1-2H3,(H,18,19). The van der Waals surface area contributed by atoms with Gasteiger partial charge in [0.25, 0.3) is 5.91 Å². The number of nitrogens with two attached hydrogens (primary N) is 1. The Balaban J connectivity index is 2.22. The fraction of sp³-hybridized carbons (Fsp3) is 0.500. The molecule has 2 heterocycles. The van der Waals surface area contributed by atoms with Gasteiger partial charge in [-0.15, -0.1) is 0 Å². The van der Waals surface area contributed by atoms with Crippen molar-refractivity contribution in [1.82, 2.24) is 15.1 Å². The number of carbonyl (C=O) groups is 2. The van der Waals surface area contributed by atoms with E-state index in [1.54, 1.807) is 19.9 Å². The van der Waals surface area contributed by atoms with Crippen molar-refractivity contribution in [2.75, 3.05) is 13.1 Å². The molecule has 7 nitrogen and oxygen atoms in total. The summed E-state index contributed by atoms with van der Waals surface area (Å²) in [5.74, 6) is -1.33. The van der Waals surface area contributed by atoms with Crippen molar-refractivity contribution in [1.29, 1.82) is 0 Å². The molecule has 1 amide bonds. The summed E-state index contributed by atoms with van der Waals surface area (Å²) in [5, 5.41) is 16.8. The number of aryl methyl sites for hydroxylation is 2. The highest BCUT2D eigenvalue weighted by Gasteiger charge is 2.43. The summed E-state index contributed by atoms with van der Waals surface area (Å²) in [6.07, 6.45) is 0.255. The third-order valence-corrected chi connectivity index (χ3v) is 3.35. The number of nitrogens with zero attached hydrogens (tertiary/aromatic N) is 3. The van der Waals surface area contributed by atoms with Crippen molar-refractivity contribution in [3.8, 4) is 0 Å².